The molecule has 1 amide bonds. The van der Waals surface area contributed by atoms with Crippen molar-refractivity contribution >= 4 is 33.2 Å². The van der Waals surface area contributed by atoms with Gasteiger partial charge in [-0.05, 0) is 18.6 Å². The van der Waals surface area contributed by atoms with E-state index in [1.807, 2.05) is 0 Å². The van der Waals surface area contributed by atoms with Gasteiger partial charge in [-0.2, -0.15) is 0 Å². The summed E-state index contributed by atoms with van der Waals surface area (Å²) in [5, 5.41) is 10.6. The minimum absolute atomic E-state index is 0.149. The van der Waals surface area contributed by atoms with E-state index < -0.39 is 26.5 Å². The highest BCUT2D eigenvalue weighted by Crippen LogP contribution is 2.29. The van der Waals surface area contributed by atoms with Gasteiger partial charge in [-0.1, -0.05) is 11.6 Å². The highest BCUT2D eigenvalue weighted by atomic mass is 35.5. The molecular formula is C10H12ClN3O5S. The summed E-state index contributed by atoms with van der Waals surface area (Å²) in [6.45, 7) is 1.27. The number of hydrogen-bond donors (Lipinski definition) is 2. The van der Waals surface area contributed by atoms with Crippen LogP contribution in [0.2, 0.25) is 5.02 Å². The lowest BCUT2D eigenvalue weighted by atomic mass is 10.2. The molecule has 0 saturated carbocycles. The Labute approximate surface area is 120 Å². The van der Waals surface area contributed by atoms with E-state index >= 15 is 0 Å². The number of hydrogen-bond acceptors (Lipinski definition) is 5. The number of primary amides is 1. The SMILES string of the molecule is Cc1cc(Cl)c([N+](=O)[O-])cc1S(=O)(=O)NCCC(N)=O. The van der Waals surface area contributed by atoms with Crippen molar-refractivity contribution in [3.8, 4) is 0 Å². The Morgan fingerprint density at radius 1 is 1.50 bits per heavy atom. The van der Waals surface area contributed by atoms with Crippen LogP contribution in [0.15, 0.2) is 17.0 Å². The molecule has 3 N–H and O–H groups in total. The Kier molecular flexibility index (Phi) is 5.03. The number of rotatable bonds is 6. The van der Waals surface area contributed by atoms with Crippen molar-refractivity contribution in [1.82, 2.24) is 4.72 Å². The molecule has 0 spiro atoms. The number of nitro groups is 1. The Morgan fingerprint density at radius 2 is 2.10 bits per heavy atom. The van der Waals surface area contributed by atoms with Gasteiger partial charge in [0.1, 0.15) is 5.02 Å². The molecule has 0 unspecified atom stereocenters. The fourth-order valence-electron chi connectivity index (χ4n) is 1.46. The number of benzene rings is 1. The van der Waals surface area contributed by atoms with Crippen molar-refractivity contribution in [2.24, 2.45) is 5.73 Å². The van der Waals surface area contributed by atoms with Crippen LogP contribution in [0, 0.1) is 17.0 Å². The summed E-state index contributed by atoms with van der Waals surface area (Å²) in [4.78, 5) is 20.3. The van der Waals surface area contributed by atoms with Gasteiger partial charge in [0, 0.05) is 19.0 Å². The van der Waals surface area contributed by atoms with E-state index in [2.05, 4.69) is 4.72 Å². The van der Waals surface area contributed by atoms with Crippen molar-refractivity contribution in [2.75, 3.05) is 6.54 Å². The number of aryl methyl sites for hydroxylation is 1. The third kappa shape index (κ3) is 3.89. The van der Waals surface area contributed by atoms with Gasteiger partial charge >= 0.3 is 0 Å². The normalized spacial score (nSPS) is 11.3. The van der Waals surface area contributed by atoms with Gasteiger partial charge in [-0.3, -0.25) is 14.9 Å². The van der Waals surface area contributed by atoms with Crippen molar-refractivity contribution in [3.63, 3.8) is 0 Å². The van der Waals surface area contributed by atoms with Crippen LogP contribution in [0.5, 0.6) is 0 Å². The first-order chi connectivity index (χ1) is 9.15. The number of halogens is 1. The zero-order valence-corrected chi connectivity index (χ0v) is 12.0. The third-order valence-electron chi connectivity index (χ3n) is 2.39. The molecule has 8 nitrogen and oxygen atoms in total. The Morgan fingerprint density at radius 3 is 2.60 bits per heavy atom. The number of amides is 1. The van der Waals surface area contributed by atoms with Crippen LogP contribution in [0.25, 0.3) is 0 Å². The average molecular weight is 322 g/mol. The van der Waals surface area contributed by atoms with Crippen LogP contribution < -0.4 is 10.5 Å². The topological polar surface area (TPSA) is 132 Å². The highest BCUT2D eigenvalue weighted by molar-refractivity contribution is 7.89. The van der Waals surface area contributed by atoms with Gasteiger partial charge < -0.3 is 5.73 Å². The molecule has 0 aliphatic heterocycles. The monoisotopic (exact) mass is 321 g/mol. The molecule has 0 atom stereocenters. The van der Waals surface area contributed by atoms with E-state index in [1.54, 1.807) is 0 Å². The Balaban J connectivity index is 3.14. The lowest BCUT2D eigenvalue weighted by Crippen LogP contribution is -2.28. The van der Waals surface area contributed by atoms with E-state index in [0.717, 1.165) is 6.07 Å². The second kappa shape index (κ2) is 6.16. The lowest BCUT2D eigenvalue weighted by molar-refractivity contribution is -0.384. The number of nitrogens with one attached hydrogen (secondary N) is 1. The summed E-state index contributed by atoms with van der Waals surface area (Å²) in [6, 6.07) is 2.08. The van der Waals surface area contributed by atoms with Crippen molar-refractivity contribution in [1.29, 1.82) is 0 Å². The Hall–Kier alpha value is -1.71. The molecule has 1 aromatic carbocycles. The smallest absolute Gasteiger partial charge is 0.289 e. The predicted octanol–water partition coefficient (Wildman–Crippen LogP) is 0.710. The number of nitro benzene ring substituents is 1. The van der Waals surface area contributed by atoms with Crippen LogP contribution in [0.3, 0.4) is 0 Å². The maximum absolute atomic E-state index is 12.0. The van der Waals surface area contributed by atoms with Crippen LogP contribution >= 0.6 is 11.6 Å². The maximum Gasteiger partial charge on any atom is 0.289 e. The second-order valence-electron chi connectivity index (χ2n) is 3.94. The number of carbonyl (C=O) groups is 1. The molecule has 0 fully saturated rings. The van der Waals surface area contributed by atoms with Gasteiger partial charge in [-0.15, -0.1) is 0 Å². The summed E-state index contributed by atoms with van der Waals surface area (Å²) >= 11 is 5.67. The van der Waals surface area contributed by atoms with Crippen LogP contribution in [-0.2, 0) is 14.8 Å². The Bertz CT molecular complexity index is 659. The largest absolute Gasteiger partial charge is 0.370 e. The van der Waals surface area contributed by atoms with Gasteiger partial charge in [0.2, 0.25) is 15.9 Å². The number of sulfonamides is 1. The van der Waals surface area contributed by atoms with Crippen LogP contribution in [-0.4, -0.2) is 25.8 Å². The highest BCUT2D eigenvalue weighted by Gasteiger charge is 2.23. The molecule has 1 rings (SSSR count). The molecule has 1 aromatic rings. The summed E-state index contributed by atoms with van der Waals surface area (Å²) in [5.41, 5.74) is 4.64. The van der Waals surface area contributed by atoms with Gasteiger partial charge in [0.25, 0.3) is 5.69 Å². The summed E-state index contributed by atoms with van der Waals surface area (Å²) < 4.78 is 26.1. The first kappa shape index (κ1) is 16.3. The van der Waals surface area contributed by atoms with E-state index in [4.69, 9.17) is 17.3 Å². The standard InChI is InChI=1S/C10H12ClN3O5S/c1-6-4-7(11)8(14(16)17)5-9(6)20(18,19)13-3-2-10(12)15/h4-5,13H,2-3H2,1H3,(H2,12,15). The van der Waals surface area contributed by atoms with E-state index in [1.165, 1.54) is 13.0 Å². The molecule has 0 bridgehead atoms. The van der Waals surface area contributed by atoms with Crippen molar-refractivity contribution in [2.45, 2.75) is 18.2 Å². The summed E-state index contributed by atoms with van der Waals surface area (Å²) in [7, 11) is -3.98. The van der Waals surface area contributed by atoms with Crippen LogP contribution in [0.4, 0.5) is 5.69 Å². The zero-order chi connectivity index (χ0) is 15.5. The fraction of sp³-hybridized carbons (Fsp3) is 0.300. The maximum atomic E-state index is 12.0. The van der Waals surface area contributed by atoms with E-state index in [0.29, 0.717) is 0 Å². The molecule has 110 valence electrons. The third-order valence-corrected chi connectivity index (χ3v) is 4.30. The summed E-state index contributed by atoms with van der Waals surface area (Å²) in [5.74, 6) is -0.661. The van der Waals surface area contributed by atoms with Gasteiger partial charge in [0.15, 0.2) is 0 Å². The van der Waals surface area contributed by atoms with Gasteiger partial charge in [0.05, 0.1) is 9.82 Å². The lowest BCUT2D eigenvalue weighted by Gasteiger charge is -2.09. The number of nitrogens with two attached hydrogens (primary N) is 1. The molecule has 0 radical (unpaired) electrons. The van der Waals surface area contributed by atoms with Crippen molar-refractivity contribution < 1.29 is 18.1 Å². The molecule has 20 heavy (non-hydrogen) atoms. The number of nitrogens with zero attached hydrogens (tertiary/aromatic N) is 1. The van der Waals surface area contributed by atoms with Crippen LogP contribution in [0.1, 0.15) is 12.0 Å². The molecule has 0 aromatic heterocycles. The quantitative estimate of drug-likeness (QED) is 0.588. The number of carbonyl (C=O) groups excluding carboxylic acids is 1. The van der Waals surface area contributed by atoms with Crippen molar-refractivity contribution in [3.05, 3.63) is 32.8 Å². The minimum Gasteiger partial charge on any atom is -0.370 e. The molecule has 10 heteroatoms. The second-order valence-corrected chi connectivity index (χ2v) is 6.08. The average Bonchev–Trinajstić information content (AvgIpc) is 2.26. The molecule has 0 aliphatic rings. The first-order valence-corrected chi connectivity index (χ1v) is 7.24. The molecular weight excluding hydrogens is 310 g/mol. The summed E-state index contributed by atoms with van der Waals surface area (Å²) in [6.07, 6.45) is -0.173. The van der Waals surface area contributed by atoms with E-state index in [9.17, 15) is 23.3 Å². The first-order valence-electron chi connectivity index (χ1n) is 5.37. The zero-order valence-electron chi connectivity index (χ0n) is 10.4. The molecule has 0 aliphatic carbocycles. The predicted molar refractivity (Wildman–Crippen MR) is 71.8 cm³/mol. The fourth-order valence-corrected chi connectivity index (χ4v) is 3.02. The molecule has 0 saturated heterocycles. The van der Waals surface area contributed by atoms with Gasteiger partial charge in [-0.25, -0.2) is 13.1 Å². The van der Waals surface area contributed by atoms with E-state index in [-0.39, 0.29) is 28.4 Å². The molecule has 0 heterocycles. The minimum atomic E-state index is -3.98.